The fourth-order valence-electron chi connectivity index (χ4n) is 3.10. The van der Waals surface area contributed by atoms with Crippen molar-refractivity contribution in [3.05, 3.63) is 84.5 Å². The number of hydrogen-bond donors (Lipinski definition) is 3. The van der Waals surface area contributed by atoms with Crippen molar-refractivity contribution in [2.24, 2.45) is 4.99 Å². The molecule has 142 valence electrons. The Bertz CT molecular complexity index is 960. The molecule has 1 aromatic carbocycles. The third-order valence-electron chi connectivity index (χ3n) is 4.39. The van der Waals surface area contributed by atoms with E-state index in [2.05, 4.69) is 46.0 Å². The number of amides is 1. The molecule has 0 saturated carbocycles. The minimum atomic E-state index is -0.0806. The van der Waals surface area contributed by atoms with Gasteiger partial charge in [0.2, 0.25) is 0 Å². The third-order valence-corrected chi connectivity index (χ3v) is 4.39. The van der Waals surface area contributed by atoms with E-state index in [0.29, 0.717) is 23.7 Å². The van der Waals surface area contributed by atoms with Crippen molar-refractivity contribution >= 4 is 29.2 Å². The third kappa shape index (κ3) is 4.17. The standard InChI is InChI=1S/C22H23N5O/c1-4-16(11-13-24-15(3)23-5-2)17-9-10-19(21-18(17)14-26-22(21)28)27-20-8-6-7-12-25-20/h5-13,23H,2-4,14H2,1H3,(H,25,27)(H,26,28)/b16-11+,24-13?. The van der Waals surface area contributed by atoms with E-state index in [-0.39, 0.29) is 5.91 Å². The highest BCUT2D eigenvalue weighted by atomic mass is 16.1. The first-order valence-corrected chi connectivity index (χ1v) is 9.06. The molecular formula is C22H23N5O. The predicted octanol–water partition coefficient (Wildman–Crippen LogP) is 4.14. The Kier molecular flexibility index (Phi) is 6.01. The molecule has 28 heavy (non-hydrogen) atoms. The maximum atomic E-state index is 12.5. The molecule has 0 aliphatic carbocycles. The summed E-state index contributed by atoms with van der Waals surface area (Å²) in [4.78, 5) is 21.0. The maximum absolute atomic E-state index is 12.5. The highest BCUT2D eigenvalue weighted by Gasteiger charge is 2.26. The van der Waals surface area contributed by atoms with Gasteiger partial charge in [-0.2, -0.15) is 0 Å². The Morgan fingerprint density at radius 3 is 2.93 bits per heavy atom. The van der Waals surface area contributed by atoms with Crippen molar-refractivity contribution in [2.75, 3.05) is 5.32 Å². The summed E-state index contributed by atoms with van der Waals surface area (Å²) in [5.41, 5.74) is 4.52. The fraction of sp³-hybridized carbons (Fsp3) is 0.136. The quantitative estimate of drug-likeness (QED) is 0.608. The van der Waals surface area contributed by atoms with E-state index in [1.54, 1.807) is 12.4 Å². The summed E-state index contributed by atoms with van der Waals surface area (Å²) < 4.78 is 0. The molecule has 1 aliphatic heterocycles. The molecule has 3 N–H and O–H groups in total. The van der Waals surface area contributed by atoms with Crippen LogP contribution in [-0.2, 0) is 6.54 Å². The molecule has 1 aliphatic rings. The second-order valence-electron chi connectivity index (χ2n) is 6.16. The minimum absolute atomic E-state index is 0.0806. The first kappa shape index (κ1) is 19.1. The van der Waals surface area contributed by atoms with Crippen LogP contribution in [-0.4, -0.2) is 17.1 Å². The van der Waals surface area contributed by atoms with E-state index in [4.69, 9.17) is 0 Å². The number of allylic oxidation sites excluding steroid dienone is 2. The number of nitrogens with zero attached hydrogens (tertiary/aromatic N) is 2. The van der Waals surface area contributed by atoms with Crippen LogP contribution in [0.4, 0.5) is 11.5 Å². The lowest BCUT2D eigenvalue weighted by atomic mass is 9.94. The Morgan fingerprint density at radius 1 is 1.36 bits per heavy atom. The van der Waals surface area contributed by atoms with Crippen LogP contribution in [0.25, 0.3) is 5.57 Å². The second-order valence-corrected chi connectivity index (χ2v) is 6.16. The SMILES string of the molecule is C=CNC(=C)N=C/C=C(\CC)c1ccc(Nc2ccccn2)c2c1CNC2=O. The fourth-order valence-corrected chi connectivity index (χ4v) is 3.10. The normalized spacial score (nSPS) is 13.2. The first-order valence-electron chi connectivity index (χ1n) is 9.06. The summed E-state index contributed by atoms with van der Waals surface area (Å²) >= 11 is 0. The van der Waals surface area contributed by atoms with Gasteiger partial charge < -0.3 is 16.0 Å². The number of benzene rings is 1. The Morgan fingerprint density at radius 2 is 2.21 bits per heavy atom. The molecule has 1 aromatic heterocycles. The average Bonchev–Trinajstić information content (AvgIpc) is 3.09. The Balaban J connectivity index is 1.95. The number of anilines is 2. The molecule has 0 saturated heterocycles. The van der Waals surface area contributed by atoms with E-state index >= 15 is 0 Å². The molecule has 0 spiro atoms. The second kappa shape index (κ2) is 8.81. The van der Waals surface area contributed by atoms with Crippen LogP contribution in [0.5, 0.6) is 0 Å². The van der Waals surface area contributed by atoms with Gasteiger partial charge in [-0.25, -0.2) is 9.98 Å². The van der Waals surface area contributed by atoms with Crippen LogP contribution >= 0.6 is 0 Å². The zero-order valence-corrected chi connectivity index (χ0v) is 15.8. The minimum Gasteiger partial charge on any atom is -0.348 e. The smallest absolute Gasteiger partial charge is 0.254 e. The van der Waals surface area contributed by atoms with Crippen LogP contribution in [0.1, 0.15) is 34.8 Å². The topological polar surface area (TPSA) is 78.4 Å². The van der Waals surface area contributed by atoms with Crippen LogP contribution in [0.2, 0.25) is 0 Å². The predicted molar refractivity (Wildman–Crippen MR) is 114 cm³/mol. The van der Waals surface area contributed by atoms with Crippen LogP contribution in [0, 0.1) is 0 Å². The van der Waals surface area contributed by atoms with Crippen LogP contribution in [0.3, 0.4) is 0 Å². The molecule has 0 bridgehead atoms. The van der Waals surface area contributed by atoms with Gasteiger partial charge in [0.15, 0.2) is 0 Å². The number of pyridine rings is 1. The maximum Gasteiger partial charge on any atom is 0.254 e. The number of aliphatic imine (C=N–C) groups is 1. The molecule has 1 amide bonds. The lowest BCUT2D eigenvalue weighted by molar-refractivity contribution is 0.0966. The number of carbonyl (C=O) groups excluding carboxylic acids is 1. The molecular weight excluding hydrogens is 350 g/mol. The summed E-state index contributed by atoms with van der Waals surface area (Å²) in [6.45, 7) is 9.94. The van der Waals surface area contributed by atoms with Gasteiger partial charge in [0.25, 0.3) is 5.91 Å². The van der Waals surface area contributed by atoms with E-state index < -0.39 is 0 Å². The van der Waals surface area contributed by atoms with Crippen molar-refractivity contribution < 1.29 is 4.79 Å². The lowest BCUT2D eigenvalue weighted by Crippen LogP contribution is -2.13. The highest BCUT2D eigenvalue weighted by Crippen LogP contribution is 2.33. The van der Waals surface area contributed by atoms with Crippen LogP contribution in [0.15, 0.2) is 72.8 Å². The summed E-state index contributed by atoms with van der Waals surface area (Å²) in [7, 11) is 0. The van der Waals surface area contributed by atoms with Crippen molar-refractivity contribution in [1.82, 2.24) is 15.6 Å². The number of hydrogen-bond acceptors (Lipinski definition) is 5. The van der Waals surface area contributed by atoms with Gasteiger partial charge in [-0.15, -0.1) is 0 Å². The number of nitrogens with one attached hydrogen (secondary N) is 3. The Labute approximate surface area is 164 Å². The number of carbonyl (C=O) groups is 1. The van der Waals surface area contributed by atoms with Gasteiger partial charge >= 0.3 is 0 Å². The van der Waals surface area contributed by atoms with Crippen molar-refractivity contribution in [2.45, 2.75) is 19.9 Å². The zero-order valence-electron chi connectivity index (χ0n) is 15.8. The Hall–Kier alpha value is -3.67. The van der Waals surface area contributed by atoms with Crippen molar-refractivity contribution in [1.29, 1.82) is 0 Å². The molecule has 6 nitrogen and oxygen atoms in total. The largest absolute Gasteiger partial charge is 0.348 e. The van der Waals surface area contributed by atoms with Gasteiger partial charge in [0, 0.05) is 19.0 Å². The van der Waals surface area contributed by atoms with E-state index in [1.165, 1.54) is 6.20 Å². The zero-order chi connectivity index (χ0) is 19.9. The monoisotopic (exact) mass is 373 g/mol. The van der Waals surface area contributed by atoms with Gasteiger partial charge in [0.1, 0.15) is 11.6 Å². The molecule has 6 heteroatoms. The average molecular weight is 373 g/mol. The molecule has 0 atom stereocenters. The first-order chi connectivity index (χ1) is 13.6. The molecule has 2 heterocycles. The summed E-state index contributed by atoms with van der Waals surface area (Å²) in [5.74, 6) is 1.13. The molecule has 0 unspecified atom stereocenters. The van der Waals surface area contributed by atoms with Crippen LogP contribution < -0.4 is 16.0 Å². The molecule has 3 rings (SSSR count). The van der Waals surface area contributed by atoms with Gasteiger partial charge in [-0.1, -0.05) is 32.2 Å². The summed E-state index contributed by atoms with van der Waals surface area (Å²) in [6, 6.07) is 9.57. The number of fused-ring (bicyclic) bond motifs is 1. The summed E-state index contributed by atoms with van der Waals surface area (Å²) in [6.07, 6.45) is 7.69. The number of aromatic nitrogens is 1. The summed E-state index contributed by atoms with van der Waals surface area (Å²) in [5, 5.41) is 9.00. The van der Waals surface area contributed by atoms with Crippen molar-refractivity contribution in [3.8, 4) is 0 Å². The van der Waals surface area contributed by atoms with Gasteiger partial charge in [0.05, 0.1) is 11.3 Å². The number of rotatable bonds is 8. The molecule has 0 fully saturated rings. The van der Waals surface area contributed by atoms with Gasteiger partial charge in [-0.3, -0.25) is 4.79 Å². The molecule has 0 radical (unpaired) electrons. The van der Waals surface area contributed by atoms with E-state index in [1.807, 2.05) is 36.4 Å². The van der Waals surface area contributed by atoms with E-state index in [0.717, 1.165) is 28.8 Å². The van der Waals surface area contributed by atoms with Gasteiger partial charge in [-0.05, 0) is 53.6 Å². The molecule has 2 aromatic rings. The lowest BCUT2D eigenvalue weighted by Gasteiger charge is -2.14. The highest BCUT2D eigenvalue weighted by molar-refractivity contribution is 6.05. The van der Waals surface area contributed by atoms with E-state index in [9.17, 15) is 4.79 Å². The van der Waals surface area contributed by atoms with Crippen molar-refractivity contribution in [3.63, 3.8) is 0 Å².